The van der Waals surface area contributed by atoms with Crippen molar-refractivity contribution in [3.05, 3.63) is 187 Å². The number of aromatic nitrogens is 3. The highest BCUT2D eigenvalue weighted by Gasteiger charge is 2.32. The van der Waals surface area contributed by atoms with Crippen LogP contribution in [0.15, 0.2) is 170 Å². The largest absolute Gasteiger partial charge is 0.416 e. The van der Waals surface area contributed by atoms with Gasteiger partial charge in [0.1, 0.15) is 0 Å². The molecule has 0 unspecified atom stereocenters. The Bertz CT molecular complexity index is 2910. The summed E-state index contributed by atoms with van der Waals surface area (Å²) in [4.78, 5) is 10.0. The van der Waals surface area contributed by atoms with E-state index in [1.807, 2.05) is 109 Å². The van der Waals surface area contributed by atoms with Crippen LogP contribution in [0.2, 0.25) is 0 Å². The molecule has 7 aromatic carbocycles. The van der Waals surface area contributed by atoms with E-state index in [0.717, 1.165) is 62.8 Å². The number of benzene rings is 7. The van der Waals surface area contributed by atoms with Crippen LogP contribution < -0.4 is 0 Å². The molecule has 2 aromatic heterocycles. The fourth-order valence-corrected chi connectivity index (χ4v) is 7.89. The van der Waals surface area contributed by atoms with Gasteiger partial charge in [-0.3, -0.25) is 0 Å². The Balaban J connectivity index is 1.42. The predicted molar refractivity (Wildman–Crippen MR) is 232 cm³/mol. The van der Waals surface area contributed by atoms with E-state index in [2.05, 4.69) is 37.5 Å². The predicted octanol–water partition coefficient (Wildman–Crippen LogP) is 15.2. The number of alkyl halides is 6. The topological polar surface area (TPSA) is 30.7 Å². The zero-order valence-electron chi connectivity index (χ0n) is 33.3. The number of fused-ring (bicyclic) bond motifs is 3. The van der Waals surface area contributed by atoms with Gasteiger partial charge in [-0.15, -0.1) is 0 Å². The van der Waals surface area contributed by atoms with E-state index in [1.54, 1.807) is 0 Å². The van der Waals surface area contributed by atoms with Gasteiger partial charge in [-0.2, -0.15) is 26.3 Å². The molecule has 0 radical (unpaired) electrons. The molecule has 0 N–H and O–H groups in total. The maximum absolute atomic E-state index is 14.0. The summed E-state index contributed by atoms with van der Waals surface area (Å²) >= 11 is 0. The number of halogens is 6. The summed E-state index contributed by atoms with van der Waals surface area (Å²) in [6, 6.07) is 48.9. The lowest BCUT2D eigenvalue weighted by molar-refractivity contribution is -0.138. The van der Waals surface area contributed by atoms with Gasteiger partial charge in [0.15, 0.2) is 5.82 Å². The molecule has 0 amide bonds. The standard InChI is InChI=1S/C52H37F6N3/c1-50(2,3)39-26-27-47-43(30-39)40-16-10-11-17-46(40)61(47)48-41(32-18-22-37(23-19-32)51(53,54)55)28-36(29-42(48)33-20-24-38(25-21-33)52(56,57)58)45-31-44(34-12-6-4-7-13-34)59-49(60-45)35-14-8-5-9-15-35/h4-31H,1-3H3. The maximum Gasteiger partial charge on any atom is 0.416 e. The Morgan fingerprint density at radius 3 is 1.38 bits per heavy atom. The zero-order chi connectivity index (χ0) is 42.7. The van der Waals surface area contributed by atoms with E-state index in [4.69, 9.17) is 9.97 Å². The van der Waals surface area contributed by atoms with Crippen molar-refractivity contribution < 1.29 is 26.3 Å². The van der Waals surface area contributed by atoms with Crippen LogP contribution in [-0.4, -0.2) is 14.5 Å². The minimum atomic E-state index is -4.57. The third kappa shape index (κ3) is 7.56. The molecule has 2 heterocycles. The van der Waals surface area contributed by atoms with Crippen LogP contribution in [0.5, 0.6) is 0 Å². The van der Waals surface area contributed by atoms with Crippen LogP contribution in [0.1, 0.15) is 37.5 Å². The minimum Gasteiger partial charge on any atom is -0.308 e. The Morgan fingerprint density at radius 2 is 0.852 bits per heavy atom. The molecule has 0 aliphatic rings. The smallest absolute Gasteiger partial charge is 0.308 e. The van der Waals surface area contributed by atoms with Crippen molar-refractivity contribution in [2.24, 2.45) is 0 Å². The van der Waals surface area contributed by atoms with E-state index >= 15 is 0 Å². The van der Waals surface area contributed by atoms with Crippen molar-refractivity contribution in [3.63, 3.8) is 0 Å². The molecule has 9 rings (SSSR count). The molecule has 0 saturated heterocycles. The molecule has 0 saturated carbocycles. The molecule has 0 fully saturated rings. The lowest BCUT2D eigenvalue weighted by atomic mass is 9.86. The van der Waals surface area contributed by atoms with Crippen LogP contribution in [0.4, 0.5) is 26.3 Å². The van der Waals surface area contributed by atoms with Gasteiger partial charge in [-0.05, 0) is 82.8 Å². The highest BCUT2D eigenvalue weighted by molar-refractivity contribution is 6.11. The lowest BCUT2D eigenvalue weighted by Crippen LogP contribution is -2.10. The summed E-state index contributed by atoms with van der Waals surface area (Å²) in [5, 5.41) is 1.90. The summed E-state index contributed by atoms with van der Waals surface area (Å²) < 4.78 is 86.3. The summed E-state index contributed by atoms with van der Waals surface area (Å²) in [7, 11) is 0. The Kier molecular flexibility index (Phi) is 9.65. The summed E-state index contributed by atoms with van der Waals surface area (Å²) in [5.41, 5.74) is 6.91. The van der Waals surface area contributed by atoms with E-state index in [1.165, 1.54) is 24.3 Å². The summed E-state index contributed by atoms with van der Waals surface area (Å²) in [5.74, 6) is 0.449. The second kappa shape index (κ2) is 14.9. The molecule has 302 valence electrons. The quantitative estimate of drug-likeness (QED) is 0.157. The molecule has 0 bridgehead atoms. The minimum absolute atomic E-state index is 0.176. The normalized spacial score (nSPS) is 12.3. The molecular weight excluding hydrogens is 781 g/mol. The van der Waals surface area contributed by atoms with E-state index in [0.29, 0.717) is 50.7 Å². The maximum atomic E-state index is 14.0. The fraction of sp³-hybridized carbons (Fsp3) is 0.115. The Hall–Kier alpha value is -7.00. The monoisotopic (exact) mass is 817 g/mol. The van der Waals surface area contributed by atoms with Gasteiger partial charge < -0.3 is 4.57 Å². The van der Waals surface area contributed by atoms with Crippen molar-refractivity contribution in [2.75, 3.05) is 0 Å². The molecule has 9 aromatic rings. The third-order valence-electron chi connectivity index (χ3n) is 11.0. The lowest BCUT2D eigenvalue weighted by Gasteiger charge is -2.22. The van der Waals surface area contributed by atoms with Gasteiger partial charge in [0, 0.05) is 38.6 Å². The first-order chi connectivity index (χ1) is 29.1. The highest BCUT2D eigenvalue weighted by atomic mass is 19.4. The first-order valence-electron chi connectivity index (χ1n) is 19.7. The van der Waals surface area contributed by atoms with Gasteiger partial charge in [0.2, 0.25) is 0 Å². The van der Waals surface area contributed by atoms with Crippen LogP contribution in [0.3, 0.4) is 0 Å². The van der Waals surface area contributed by atoms with Gasteiger partial charge in [-0.1, -0.05) is 130 Å². The zero-order valence-corrected chi connectivity index (χ0v) is 33.3. The highest BCUT2D eigenvalue weighted by Crippen LogP contribution is 2.46. The van der Waals surface area contributed by atoms with Crippen molar-refractivity contribution >= 4 is 21.8 Å². The van der Waals surface area contributed by atoms with Crippen molar-refractivity contribution in [1.82, 2.24) is 14.5 Å². The number of nitrogens with zero attached hydrogens (tertiary/aromatic N) is 3. The van der Waals surface area contributed by atoms with Crippen LogP contribution in [0, 0.1) is 0 Å². The molecule has 0 aliphatic carbocycles. The average molecular weight is 818 g/mol. The summed E-state index contributed by atoms with van der Waals surface area (Å²) in [6.45, 7) is 6.41. The van der Waals surface area contributed by atoms with Gasteiger partial charge in [0.05, 0.1) is 39.2 Å². The fourth-order valence-electron chi connectivity index (χ4n) is 7.89. The SMILES string of the molecule is CC(C)(C)c1ccc2c(c1)c1ccccc1n2-c1c(-c2ccc(C(F)(F)F)cc2)cc(-c2cc(-c3ccccc3)nc(-c3ccccc3)n2)cc1-c1ccc(C(F)(F)F)cc1. The average Bonchev–Trinajstić information content (AvgIpc) is 3.59. The first kappa shape index (κ1) is 39.5. The van der Waals surface area contributed by atoms with Crippen LogP contribution in [-0.2, 0) is 17.8 Å². The number of hydrogen-bond acceptors (Lipinski definition) is 2. The van der Waals surface area contributed by atoms with Crippen LogP contribution >= 0.6 is 0 Å². The van der Waals surface area contributed by atoms with E-state index in [9.17, 15) is 26.3 Å². The first-order valence-corrected chi connectivity index (χ1v) is 19.7. The molecule has 0 aliphatic heterocycles. The van der Waals surface area contributed by atoms with E-state index in [-0.39, 0.29) is 5.41 Å². The molecule has 0 spiro atoms. The molecule has 3 nitrogen and oxygen atoms in total. The summed E-state index contributed by atoms with van der Waals surface area (Å²) in [6.07, 6.45) is -9.15. The van der Waals surface area contributed by atoms with E-state index < -0.39 is 23.5 Å². The molecule has 9 heteroatoms. The van der Waals surface area contributed by atoms with Gasteiger partial charge in [0.25, 0.3) is 0 Å². The Morgan fingerprint density at radius 1 is 0.393 bits per heavy atom. The van der Waals surface area contributed by atoms with Gasteiger partial charge in [-0.25, -0.2) is 9.97 Å². The number of para-hydroxylation sites is 1. The number of rotatable bonds is 6. The second-order valence-corrected chi connectivity index (χ2v) is 16.1. The second-order valence-electron chi connectivity index (χ2n) is 16.1. The van der Waals surface area contributed by atoms with Crippen LogP contribution in [0.25, 0.3) is 83.6 Å². The molecular formula is C52H37F6N3. The Labute approximate surface area is 348 Å². The van der Waals surface area contributed by atoms with Crippen molar-refractivity contribution in [2.45, 2.75) is 38.5 Å². The van der Waals surface area contributed by atoms with Crippen molar-refractivity contribution in [1.29, 1.82) is 0 Å². The molecule has 61 heavy (non-hydrogen) atoms. The van der Waals surface area contributed by atoms with Gasteiger partial charge >= 0.3 is 12.4 Å². The molecule has 0 atom stereocenters. The van der Waals surface area contributed by atoms with Crippen molar-refractivity contribution in [3.8, 4) is 61.8 Å². The third-order valence-corrected chi connectivity index (χ3v) is 11.0. The number of hydrogen-bond donors (Lipinski definition) is 0.